The molecule has 140 valence electrons. The summed E-state index contributed by atoms with van der Waals surface area (Å²) in [5.74, 6) is -1.98. The molecule has 2 atom stereocenters. The molecule has 3 aliphatic rings. The van der Waals surface area contributed by atoms with Crippen LogP contribution in [0.5, 0.6) is 0 Å². The van der Waals surface area contributed by atoms with Crippen molar-refractivity contribution in [3.63, 3.8) is 0 Å². The molecule has 0 aromatic heterocycles. The van der Waals surface area contributed by atoms with Crippen molar-refractivity contribution in [2.75, 3.05) is 32.9 Å². The number of hydrogen-bond donors (Lipinski definition) is 0. The van der Waals surface area contributed by atoms with Crippen LogP contribution in [0.25, 0.3) is 0 Å². The maximum absolute atomic E-state index is 13.8. The van der Waals surface area contributed by atoms with E-state index >= 15 is 0 Å². The summed E-state index contributed by atoms with van der Waals surface area (Å²) in [4.78, 5) is 26.1. The third-order valence-electron chi connectivity index (χ3n) is 5.43. The molecule has 1 aromatic rings. The van der Waals surface area contributed by atoms with E-state index in [1.54, 1.807) is 23.1 Å². The van der Waals surface area contributed by atoms with Crippen molar-refractivity contribution in [1.29, 1.82) is 0 Å². The number of carbonyl (C=O) groups excluding carboxylic acids is 2. The van der Waals surface area contributed by atoms with Gasteiger partial charge in [0.1, 0.15) is 5.82 Å². The molecule has 2 unspecified atom stereocenters. The minimum absolute atomic E-state index is 0.148. The first-order valence-corrected chi connectivity index (χ1v) is 9.05. The summed E-state index contributed by atoms with van der Waals surface area (Å²) in [7, 11) is 0. The Bertz CT molecular complexity index is 693. The number of benzene rings is 1. The van der Waals surface area contributed by atoms with Crippen molar-refractivity contribution >= 4 is 11.9 Å². The Morgan fingerprint density at radius 1 is 1.19 bits per heavy atom. The first-order chi connectivity index (χ1) is 12.6. The molecule has 0 N–H and O–H groups in total. The maximum atomic E-state index is 13.8. The van der Waals surface area contributed by atoms with Gasteiger partial charge in [0, 0.05) is 31.8 Å². The van der Waals surface area contributed by atoms with Crippen molar-refractivity contribution in [3.8, 4) is 0 Å². The summed E-state index contributed by atoms with van der Waals surface area (Å²) < 4.78 is 30.2. The minimum Gasteiger partial charge on any atom is -0.455 e. The molecule has 2 aliphatic heterocycles. The second-order valence-corrected chi connectivity index (χ2v) is 7.07. The Labute approximate surface area is 151 Å². The van der Waals surface area contributed by atoms with E-state index in [0.29, 0.717) is 51.1 Å². The van der Waals surface area contributed by atoms with Crippen LogP contribution in [0.1, 0.15) is 30.7 Å². The molecular formula is C19H22FNO5. The monoisotopic (exact) mass is 363 g/mol. The Balaban J connectivity index is 1.23. The molecule has 2 saturated heterocycles. The van der Waals surface area contributed by atoms with Crippen molar-refractivity contribution in [1.82, 2.24) is 4.90 Å². The van der Waals surface area contributed by atoms with Gasteiger partial charge in [-0.15, -0.1) is 0 Å². The molecule has 1 aromatic carbocycles. The quantitative estimate of drug-likeness (QED) is 0.764. The predicted molar refractivity (Wildman–Crippen MR) is 88.7 cm³/mol. The Morgan fingerprint density at radius 2 is 1.88 bits per heavy atom. The third-order valence-corrected chi connectivity index (χ3v) is 5.43. The molecule has 1 saturated carbocycles. The maximum Gasteiger partial charge on any atom is 0.310 e. The number of carbonyl (C=O) groups is 2. The van der Waals surface area contributed by atoms with Gasteiger partial charge in [-0.2, -0.15) is 0 Å². The Kier molecular flexibility index (Phi) is 4.67. The smallest absolute Gasteiger partial charge is 0.310 e. The van der Waals surface area contributed by atoms with Gasteiger partial charge in [-0.25, -0.2) is 4.39 Å². The van der Waals surface area contributed by atoms with E-state index in [1.165, 1.54) is 6.07 Å². The highest BCUT2D eigenvalue weighted by Crippen LogP contribution is 2.48. The highest BCUT2D eigenvalue weighted by atomic mass is 19.1. The standard InChI is InChI=1S/C19H22FNO5/c20-16-4-2-1-3-13(16)14-11-15(14)18(23)24-12-17(22)21-7-5-19(6-8-21)25-9-10-26-19/h1-4,14-15H,5-12H2. The number of hydrogen-bond acceptors (Lipinski definition) is 5. The molecule has 2 heterocycles. The third kappa shape index (κ3) is 3.46. The van der Waals surface area contributed by atoms with Gasteiger partial charge in [0.2, 0.25) is 0 Å². The van der Waals surface area contributed by atoms with Crippen molar-refractivity contribution in [2.45, 2.75) is 31.0 Å². The van der Waals surface area contributed by atoms with Gasteiger partial charge >= 0.3 is 5.97 Å². The van der Waals surface area contributed by atoms with E-state index in [9.17, 15) is 14.0 Å². The molecular weight excluding hydrogens is 341 g/mol. The van der Waals surface area contributed by atoms with Gasteiger partial charge in [-0.05, 0) is 18.1 Å². The van der Waals surface area contributed by atoms with E-state index in [0.717, 1.165) is 0 Å². The average molecular weight is 363 g/mol. The molecule has 6 nitrogen and oxygen atoms in total. The van der Waals surface area contributed by atoms with Crippen LogP contribution in [0.15, 0.2) is 24.3 Å². The molecule has 0 bridgehead atoms. The highest BCUT2D eigenvalue weighted by molar-refractivity contribution is 5.83. The number of esters is 1. The first-order valence-electron chi connectivity index (χ1n) is 9.05. The number of halogens is 1. The fraction of sp³-hybridized carbons (Fsp3) is 0.579. The van der Waals surface area contributed by atoms with Crippen LogP contribution < -0.4 is 0 Å². The lowest BCUT2D eigenvalue weighted by Crippen LogP contribution is -2.48. The fourth-order valence-corrected chi connectivity index (χ4v) is 3.79. The van der Waals surface area contributed by atoms with Crippen LogP contribution in [0, 0.1) is 11.7 Å². The number of piperidine rings is 1. The van der Waals surface area contributed by atoms with Crippen LogP contribution in [0.3, 0.4) is 0 Å². The van der Waals surface area contributed by atoms with Crippen LogP contribution in [-0.2, 0) is 23.8 Å². The van der Waals surface area contributed by atoms with E-state index in [1.807, 2.05) is 0 Å². The predicted octanol–water partition coefficient (Wildman–Crippen LogP) is 1.84. The number of nitrogens with zero attached hydrogens (tertiary/aromatic N) is 1. The molecule has 3 fully saturated rings. The topological polar surface area (TPSA) is 65.1 Å². The number of ether oxygens (including phenoxy) is 3. The number of rotatable bonds is 4. The summed E-state index contributed by atoms with van der Waals surface area (Å²) in [6.45, 7) is 1.97. The second kappa shape index (κ2) is 6.96. The van der Waals surface area contributed by atoms with E-state index in [-0.39, 0.29) is 30.2 Å². The van der Waals surface area contributed by atoms with Crippen LogP contribution in [0.2, 0.25) is 0 Å². The minimum atomic E-state index is -0.533. The molecule has 7 heteroatoms. The zero-order valence-electron chi connectivity index (χ0n) is 14.5. The van der Waals surface area contributed by atoms with E-state index < -0.39 is 11.8 Å². The van der Waals surface area contributed by atoms with Gasteiger partial charge in [0.25, 0.3) is 5.91 Å². The van der Waals surface area contributed by atoms with Gasteiger partial charge in [-0.3, -0.25) is 9.59 Å². The van der Waals surface area contributed by atoms with Crippen LogP contribution in [0.4, 0.5) is 4.39 Å². The van der Waals surface area contributed by atoms with Gasteiger partial charge in [0.15, 0.2) is 12.4 Å². The SMILES string of the molecule is O=C(OCC(=O)N1CCC2(CC1)OCCO2)C1CC1c1ccccc1F. The number of likely N-dealkylation sites (tertiary alicyclic amines) is 1. The van der Waals surface area contributed by atoms with Crippen LogP contribution >= 0.6 is 0 Å². The number of amides is 1. The summed E-state index contributed by atoms with van der Waals surface area (Å²) >= 11 is 0. The molecule has 1 spiro atoms. The zero-order chi connectivity index (χ0) is 18.1. The lowest BCUT2D eigenvalue weighted by Gasteiger charge is -2.37. The molecule has 1 amide bonds. The molecule has 0 radical (unpaired) electrons. The normalized spacial score (nSPS) is 26.7. The van der Waals surface area contributed by atoms with Gasteiger partial charge in [0.05, 0.1) is 19.1 Å². The van der Waals surface area contributed by atoms with E-state index in [4.69, 9.17) is 14.2 Å². The second-order valence-electron chi connectivity index (χ2n) is 7.07. The van der Waals surface area contributed by atoms with Crippen LogP contribution in [-0.4, -0.2) is 55.5 Å². The fourth-order valence-electron chi connectivity index (χ4n) is 3.79. The molecule has 1 aliphatic carbocycles. The lowest BCUT2D eigenvalue weighted by molar-refractivity contribution is -0.188. The van der Waals surface area contributed by atoms with Crippen molar-refractivity contribution in [2.24, 2.45) is 5.92 Å². The largest absolute Gasteiger partial charge is 0.455 e. The zero-order valence-corrected chi connectivity index (χ0v) is 14.5. The molecule has 4 rings (SSSR count). The first kappa shape index (κ1) is 17.4. The summed E-state index contributed by atoms with van der Waals surface area (Å²) in [5.41, 5.74) is 0.540. The summed E-state index contributed by atoms with van der Waals surface area (Å²) in [6.07, 6.45) is 1.82. The molecule has 26 heavy (non-hydrogen) atoms. The Hall–Kier alpha value is -1.99. The Morgan fingerprint density at radius 3 is 2.58 bits per heavy atom. The van der Waals surface area contributed by atoms with Crippen molar-refractivity contribution in [3.05, 3.63) is 35.6 Å². The summed E-state index contributed by atoms with van der Waals surface area (Å²) in [5, 5.41) is 0. The van der Waals surface area contributed by atoms with Crippen molar-refractivity contribution < 1.29 is 28.2 Å². The highest BCUT2D eigenvalue weighted by Gasteiger charge is 2.47. The average Bonchev–Trinajstić information content (AvgIpc) is 3.33. The summed E-state index contributed by atoms with van der Waals surface area (Å²) in [6, 6.07) is 6.46. The lowest BCUT2D eigenvalue weighted by atomic mass is 10.0. The van der Waals surface area contributed by atoms with Gasteiger partial charge in [-0.1, -0.05) is 18.2 Å². The van der Waals surface area contributed by atoms with E-state index in [2.05, 4.69) is 0 Å². The van der Waals surface area contributed by atoms with Gasteiger partial charge < -0.3 is 19.1 Å².